The molecule has 1 aliphatic carbocycles. The summed E-state index contributed by atoms with van der Waals surface area (Å²) in [5, 5.41) is 3.52. The van der Waals surface area contributed by atoms with Gasteiger partial charge in [0.05, 0.1) is 13.2 Å². The van der Waals surface area contributed by atoms with Gasteiger partial charge < -0.3 is 19.9 Å². The van der Waals surface area contributed by atoms with Gasteiger partial charge in [-0.3, -0.25) is 4.99 Å². The van der Waals surface area contributed by atoms with Crippen molar-refractivity contribution in [2.75, 3.05) is 45.9 Å². The Morgan fingerprint density at radius 1 is 1.07 bits per heavy atom. The van der Waals surface area contributed by atoms with E-state index in [1.165, 1.54) is 44.3 Å². The number of hydrogen-bond acceptors (Lipinski definition) is 3. The summed E-state index contributed by atoms with van der Waals surface area (Å²) in [4.78, 5) is 10.1. The maximum Gasteiger partial charge on any atom is 0.193 e. The quantitative estimate of drug-likeness (QED) is 0.553. The van der Waals surface area contributed by atoms with E-state index in [0.29, 0.717) is 12.5 Å². The van der Waals surface area contributed by atoms with Gasteiger partial charge in [-0.2, -0.15) is 0 Å². The number of aliphatic imine (C=N–C) groups is 1. The first kappa shape index (κ1) is 19.7. The minimum atomic E-state index is 0.601. The van der Waals surface area contributed by atoms with Crippen molar-refractivity contribution in [3.8, 4) is 0 Å². The van der Waals surface area contributed by atoms with Crippen molar-refractivity contribution in [3.05, 3.63) is 35.9 Å². The van der Waals surface area contributed by atoms with Crippen LogP contribution < -0.4 is 5.32 Å². The van der Waals surface area contributed by atoms with Gasteiger partial charge in [0.2, 0.25) is 0 Å². The summed E-state index contributed by atoms with van der Waals surface area (Å²) in [5.74, 6) is 2.45. The van der Waals surface area contributed by atoms with Gasteiger partial charge in [0.1, 0.15) is 0 Å². The van der Waals surface area contributed by atoms with E-state index >= 15 is 0 Å². The fourth-order valence-electron chi connectivity index (χ4n) is 4.50. The van der Waals surface area contributed by atoms with E-state index in [2.05, 4.69) is 52.4 Å². The van der Waals surface area contributed by atoms with Crippen molar-refractivity contribution in [1.29, 1.82) is 0 Å². The van der Waals surface area contributed by atoms with Gasteiger partial charge in [0.15, 0.2) is 5.96 Å². The van der Waals surface area contributed by atoms with E-state index in [9.17, 15) is 0 Å². The zero-order valence-electron chi connectivity index (χ0n) is 17.4. The van der Waals surface area contributed by atoms with Crippen molar-refractivity contribution < 1.29 is 4.74 Å². The van der Waals surface area contributed by atoms with E-state index < -0.39 is 0 Å². The van der Waals surface area contributed by atoms with Gasteiger partial charge in [-0.25, -0.2) is 0 Å². The Balaban J connectivity index is 1.22. The molecule has 1 aromatic rings. The molecule has 3 aliphatic rings. The van der Waals surface area contributed by atoms with Crippen LogP contribution in [0, 0.1) is 11.8 Å². The highest BCUT2D eigenvalue weighted by atomic mass is 16.5. The Kier molecular flexibility index (Phi) is 6.86. The number of rotatable bonds is 8. The molecule has 1 saturated carbocycles. The predicted molar refractivity (Wildman–Crippen MR) is 114 cm³/mol. The molecule has 0 aromatic heterocycles. The molecule has 0 amide bonds. The summed E-state index contributed by atoms with van der Waals surface area (Å²) in [6, 6.07) is 11.4. The standard InChI is InChI=1S/C23H36N4O/c1-2-24-23(25-14-20-10-12-26(15-20)22-8-9-22)27-13-11-21(16-27)18-28-17-19-6-4-3-5-7-19/h3-7,20-22H,2,8-18H2,1H3,(H,24,25). The zero-order chi connectivity index (χ0) is 19.2. The van der Waals surface area contributed by atoms with Gasteiger partial charge in [0, 0.05) is 44.7 Å². The predicted octanol–water partition coefficient (Wildman–Crippen LogP) is 2.97. The lowest BCUT2D eigenvalue weighted by molar-refractivity contribution is 0.0906. The lowest BCUT2D eigenvalue weighted by Crippen LogP contribution is -2.40. The molecule has 2 atom stereocenters. The third-order valence-electron chi connectivity index (χ3n) is 6.27. The highest BCUT2D eigenvalue weighted by Gasteiger charge is 2.34. The van der Waals surface area contributed by atoms with Gasteiger partial charge in [0.25, 0.3) is 0 Å². The summed E-state index contributed by atoms with van der Waals surface area (Å²) in [7, 11) is 0. The second kappa shape index (κ2) is 9.75. The number of likely N-dealkylation sites (tertiary alicyclic amines) is 2. The molecule has 154 valence electrons. The van der Waals surface area contributed by atoms with Crippen LogP contribution >= 0.6 is 0 Å². The number of hydrogen-bond donors (Lipinski definition) is 1. The highest BCUT2D eigenvalue weighted by molar-refractivity contribution is 5.80. The van der Waals surface area contributed by atoms with Crippen LogP contribution in [0.4, 0.5) is 0 Å². The van der Waals surface area contributed by atoms with E-state index in [1.807, 2.05) is 0 Å². The SMILES string of the molecule is CCNC(=NCC1CCN(C2CC2)C1)N1CCC(COCc2ccccc2)C1. The number of guanidine groups is 1. The normalized spacial score (nSPS) is 26.2. The molecule has 1 N–H and O–H groups in total. The van der Waals surface area contributed by atoms with Gasteiger partial charge >= 0.3 is 0 Å². The maximum absolute atomic E-state index is 5.98. The fourth-order valence-corrected chi connectivity index (χ4v) is 4.50. The molecule has 4 rings (SSSR count). The average Bonchev–Trinajstić information content (AvgIpc) is 3.28. The van der Waals surface area contributed by atoms with E-state index in [1.54, 1.807) is 0 Å². The molecule has 1 aromatic carbocycles. The molecule has 0 spiro atoms. The molecule has 2 unspecified atom stereocenters. The van der Waals surface area contributed by atoms with Crippen LogP contribution in [0.15, 0.2) is 35.3 Å². The molecule has 2 heterocycles. The Labute approximate surface area is 170 Å². The third kappa shape index (κ3) is 5.48. The molecule has 5 nitrogen and oxygen atoms in total. The summed E-state index contributed by atoms with van der Waals surface area (Å²) in [6.07, 6.45) is 5.34. The van der Waals surface area contributed by atoms with Gasteiger partial charge in [-0.05, 0) is 50.6 Å². The van der Waals surface area contributed by atoms with Gasteiger partial charge in [-0.15, -0.1) is 0 Å². The third-order valence-corrected chi connectivity index (χ3v) is 6.27. The Hall–Kier alpha value is -1.59. The number of ether oxygens (including phenoxy) is 1. The molecular formula is C23H36N4O. The molecule has 3 fully saturated rings. The maximum atomic E-state index is 5.98. The summed E-state index contributed by atoms with van der Waals surface area (Å²) < 4.78 is 5.98. The molecule has 2 aliphatic heterocycles. The van der Waals surface area contributed by atoms with Gasteiger partial charge in [-0.1, -0.05) is 30.3 Å². The molecule has 0 bridgehead atoms. The van der Waals surface area contributed by atoms with Crippen molar-refractivity contribution in [2.45, 2.75) is 45.3 Å². The topological polar surface area (TPSA) is 40.1 Å². The minimum Gasteiger partial charge on any atom is -0.376 e. The van der Waals surface area contributed by atoms with Crippen molar-refractivity contribution in [3.63, 3.8) is 0 Å². The first-order valence-corrected chi connectivity index (χ1v) is 11.2. The Morgan fingerprint density at radius 3 is 2.68 bits per heavy atom. The fraction of sp³-hybridized carbons (Fsp3) is 0.696. The van der Waals surface area contributed by atoms with Crippen molar-refractivity contribution in [1.82, 2.24) is 15.1 Å². The van der Waals surface area contributed by atoms with Crippen LogP contribution in [0.25, 0.3) is 0 Å². The molecule has 5 heteroatoms. The first-order chi connectivity index (χ1) is 13.8. The second-order valence-corrected chi connectivity index (χ2v) is 8.68. The van der Waals surface area contributed by atoms with Crippen LogP contribution in [0.2, 0.25) is 0 Å². The van der Waals surface area contributed by atoms with Crippen LogP contribution in [-0.4, -0.2) is 67.7 Å². The van der Waals surface area contributed by atoms with E-state index in [-0.39, 0.29) is 0 Å². The number of nitrogens with one attached hydrogen (secondary N) is 1. The van der Waals surface area contributed by atoms with E-state index in [4.69, 9.17) is 9.73 Å². The molecule has 0 radical (unpaired) electrons. The smallest absolute Gasteiger partial charge is 0.193 e. The van der Waals surface area contributed by atoms with Crippen LogP contribution in [0.3, 0.4) is 0 Å². The monoisotopic (exact) mass is 384 g/mol. The number of benzene rings is 1. The van der Waals surface area contributed by atoms with Crippen LogP contribution in [-0.2, 0) is 11.3 Å². The summed E-state index contributed by atoms with van der Waals surface area (Å²) >= 11 is 0. The largest absolute Gasteiger partial charge is 0.376 e. The van der Waals surface area contributed by atoms with Crippen LogP contribution in [0.1, 0.15) is 38.2 Å². The Morgan fingerprint density at radius 2 is 1.89 bits per heavy atom. The first-order valence-electron chi connectivity index (χ1n) is 11.2. The lowest BCUT2D eigenvalue weighted by Gasteiger charge is -2.22. The highest BCUT2D eigenvalue weighted by Crippen LogP contribution is 2.31. The Bertz CT molecular complexity index is 631. The van der Waals surface area contributed by atoms with Crippen molar-refractivity contribution in [2.24, 2.45) is 16.8 Å². The van der Waals surface area contributed by atoms with Crippen molar-refractivity contribution >= 4 is 5.96 Å². The molecular weight excluding hydrogens is 348 g/mol. The number of nitrogens with zero attached hydrogens (tertiary/aromatic N) is 3. The average molecular weight is 385 g/mol. The van der Waals surface area contributed by atoms with Crippen LogP contribution in [0.5, 0.6) is 0 Å². The molecule has 2 saturated heterocycles. The summed E-state index contributed by atoms with van der Waals surface area (Å²) in [6.45, 7) is 10.3. The zero-order valence-corrected chi connectivity index (χ0v) is 17.4. The second-order valence-electron chi connectivity index (χ2n) is 8.68. The molecule has 28 heavy (non-hydrogen) atoms. The summed E-state index contributed by atoms with van der Waals surface area (Å²) in [5.41, 5.74) is 1.25. The van der Waals surface area contributed by atoms with E-state index in [0.717, 1.165) is 50.7 Å². The lowest BCUT2D eigenvalue weighted by atomic mass is 10.1. The minimum absolute atomic E-state index is 0.601.